The zero-order valence-electron chi connectivity index (χ0n) is 11.7. The smallest absolute Gasteiger partial charge is 0.252 e. The molecule has 1 saturated heterocycles. The van der Waals surface area contributed by atoms with Gasteiger partial charge in [0.25, 0.3) is 5.91 Å². The molecule has 104 valence electrons. The van der Waals surface area contributed by atoms with Gasteiger partial charge in [-0.3, -0.25) is 19.7 Å². The van der Waals surface area contributed by atoms with Crippen molar-refractivity contribution in [3.63, 3.8) is 0 Å². The first-order valence-electron chi connectivity index (χ1n) is 6.32. The molecule has 0 saturated carbocycles. The molecule has 1 N–H and O–H groups in total. The Morgan fingerprint density at radius 3 is 2.37 bits per heavy atom. The third-order valence-corrected chi connectivity index (χ3v) is 3.86. The fourth-order valence-electron chi connectivity index (χ4n) is 2.13. The van der Waals surface area contributed by atoms with Gasteiger partial charge >= 0.3 is 0 Å². The van der Waals surface area contributed by atoms with Crippen molar-refractivity contribution in [2.24, 2.45) is 5.41 Å². The van der Waals surface area contributed by atoms with E-state index in [1.165, 1.54) is 4.90 Å². The molecule has 0 spiro atoms. The Labute approximate surface area is 112 Å². The molecule has 6 heteroatoms. The van der Waals surface area contributed by atoms with Gasteiger partial charge in [0.05, 0.1) is 6.07 Å². The summed E-state index contributed by atoms with van der Waals surface area (Å²) < 4.78 is 0. The van der Waals surface area contributed by atoms with Gasteiger partial charge < -0.3 is 4.90 Å². The van der Waals surface area contributed by atoms with E-state index in [-0.39, 0.29) is 6.54 Å². The van der Waals surface area contributed by atoms with Crippen LogP contribution in [0.25, 0.3) is 0 Å². The van der Waals surface area contributed by atoms with Crippen LogP contribution in [0.3, 0.4) is 0 Å². The normalized spacial score (nSPS) is 18.8. The summed E-state index contributed by atoms with van der Waals surface area (Å²) >= 11 is 0. The molecule has 1 aliphatic heterocycles. The molecule has 1 fully saturated rings. The Kier molecular flexibility index (Phi) is 3.99. The van der Waals surface area contributed by atoms with Crippen molar-refractivity contribution < 1.29 is 14.4 Å². The fourth-order valence-corrected chi connectivity index (χ4v) is 2.13. The minimum atomic E-state index is -1.17. The molecule has 0 radical (unpaired) electrons. The number of hydrogen-bond donors (Lipinski definition) is 1. The van der Waals surface area contributed by atoms with Crippen molar-refractivity contribution in [2.45, 2.75) is 46.1 Å². The standard InChI is InChI=1S/C13H19N3O3/c1-5-13(6-2,8-14)11(19)16-7-9(17)15-10(18)12(16,3)4/h5-7H2,1-4H3,(H,15,17,18). The first-order chi connectivity index (χ1) is 8.75. The van der Waals surface area contributed by atoms with Crippen LogP contribution in [0.2, 0.25) is 0 Å². The predicted octanol–water partition coefficient (Wildman–Crippen LogP) is 0.580. The van der Waals surface area contributed by atoms with E-state index in [4.69, 9.17) is 0 Å². The molecule has 0 aromatic carbocycles. The van der Waals surface area contributed by atoms with E-state index < -0.39 is 28.7 Å². The predicted molar refractivity (Wildman–Crippen MR) is 67.6 cm³/mol. The first-order valence-corrected chi connectivity index (χ1v) is 6.32. The molecule has 1 aliphatic rings. The number of rotatable bonds is 3. The monoisotopic (exact) mass is 265 g/mol. The zero-order valence-corrected chi connectivity index (χ0v) is 11.7. The highest BCUT2D eigenvalue weighted by molar-refractivity contribution is 6.07. The summed E-state index contributed by atoms with van der Waals surface area (Å²) in [5.41, 5.74) is -2.30. The molecule has 0 aromatic heterocycles. The maximum absolute atomic E-state index is 12.6. The van der Waals surface area contributed by atoms with Gasteiger partial charge in [-0.15, -0.1) is 0 Å². The first kappa shape index (κ1) is 15.2. The number of imide groups is 1. The third-order valence-electron chi connectivity index (χ3n) is 3.86. The van der Waals surface area contributed by atoms with E-state index >= 15 is 0 Å². The molecule has 0 aliphatic carbocycles. The van der Waals surface area contributed by atoms with Gasteiger partial charge in [-0.1, -0.05) is 13.8 Å². The summed E-state index contributed by atoms with van der Waals surface area (Å²) in [6, 6.07) is 2.05. The molecule has 0 atom stereocenters. The van der Waals surface area contributed by atoms with Gasteiger partial charge in [0.15, 0.2) is 0 Å². The minimum Gasteiger partial charge on any atom is -0.318 e. The Bertz CT molecular complexity index is 458. The van der Waals surface area contributed by atoms with E-state index in [0.29, 0.717) is 12.8 Å². The van der Waals surface area contributed by atoms with Crippen molar-refractivity contribution in [1.82, 2.24) is 10.2 Å². The Balaban J connectivity index is 3.20. The van der Waals surface area contributed by atoms with Gasteiger partial charge in [0.2, 0.25) is 11.8 Å². The second kappa shape index (κ2) is 5.00. The summed E-state index contributed by atoms with van der Waals surface area (Å²) in [6.45, 7) is 6.45. The van der Waals surface area contributed by atoms with Crippen molar-refractivity contribution >= 4 is 17.7 Å². The van der Waals surface area contributed by atoms with Crippen LogP contribution in [0.15, 0.2) is 0 Å². The van der Waals surface area contributed by atoms with E-state index in [1.807, 2.05) is 6.07 Å². The third kappa shape index (κ3) is 2.33. The molecule has 0 aromatic rings. The van der Waals surface area contributed by atoms with E-state index in [1.54, 1.807) is 27.7 Å². The van der Waals surface area contributed by atoms with E-state index in [2.05, 4.69) is 5.32 Å². The maximum atomic E-state index is 12.6. The number of nitriles is 1. The molecule has 1 heterocycles. The van der Waals surface area contributed by atoms with Crippen molar-refractivity contribution in [1.29, 1.82) is 5.26 Å². The number of carbonyl (C=O) groups is 3. The Hall–Kier alpha value is -1.90. The number of carbonyl (C=O) groups excluding carboxylic acids is 3. The highest BCUT2D eigenvalue weighted by atomic mass is 16.2. The summed E-state index contributed by atoms with van der Waals surface area (Å²) in [6.07, 6.45) is 0.697. The molecular weight excluding hydrogens is 246 g/mol. The summed E-state index contributed by atoms with van der Waals surface area (Å²) in [7, 11) is 0. The molecular formula is C13H19N3O3. The van der Waals surface area contributed by atoms with Gasteiger partial charge in [-0.05, 0) is 26.7 Å². The van der Waals surface area contributed by atoms with Crippen LogP contribution in [0, 0.1) is 16.7 Å². The number of piperazine rings is 1. The average molecular weight is 265 g/mol. The topological polar surface area (TPSA) is 90.3 Å². The highest BCUT2D eigenvalue weighted by Crippen LogP contribution is 2.32. The van der Waals surface area contributed by atoms with Crippen LogP contribution in [0.5, 0.6) is 0 Å². The second-order valence-corrected chi connectivity index (χ2v) is 5.23. The molecule has 6 nitrogen and oxygen atoms in total. The minimum absolute atomic E-state index is 0.193. The summed E-state index contributed by atoms with van der Waals surface area (Å²) in [5.74, 6) is -1.49. The van der Waals surface area contributed by atoms with Crippen LogP contribution in [-0.4, -0.2) is 34.7 Å². The molecule has 0 unspecified atom stereocenters. The van der Waals surface area contributed by atoms with Gasteiger partial charge in [0.1, 0.15) is 17.5 Å². The summed E-state index contributed by atoms with van der Waals surface area (Å²) in [4.78, 5) is 37.1. The lowest BCUT2D eigenvalue weighted by Crippen LogP contribution is -2.67. The molecule has 1 rings (SSSR count). The van der Waals surface area contributed by atoms with Crippen LogP contribution in [0.1, 0.15) is 40.5 Å². The van der Waals surface area contributed by atoms with Crippen LogP contribution < -0.4 is 5.32 Å². The quantitative estimate of drug-likeness (QED) is 0.756. The average Bonchev–Trinajstić information content (AvgIpc) is 2.36. The van der Waals surface area contributed by atoms with Gasteiger partial charge in [-0.25, -0.2) is 0 Å². The Morgan fingerprint density at radius 2 is 1.95 bits per heavy atom. The number of amides is 3. The zero-order chi connectivity index (χ0) is 14.8. The summed E-state index contributed by atoms with van der Waals surface area (Å²) in [5, 5.41) is 11.5. The molecule has 19 heavy (non-hydrogen) atoms. The largest absolute Gasteiger partial charge is 0.318 e. The fraction of sp³-hybridized carbons (Fsp3) is 0.692. The molecule has 3 amide bonds. The molecule has 0 bridgehead atoms. The SMILES string of the molecule is CCC(C#N)(CC)C(=O)N1CC(=O)NC(=O)C1(C)C. The maximum Gasteiger partial charge on any atom is 0.252 e. The Morgan fingerprint density at radius 1 is 1.42 bits per heavy atom. The lowest BCUT2D eigenvalue weighted by Gasteiger charge is -2.43. The highest BCUT2D eigenvalue weighted by Gasteiger charge is 2.49. The second-order valence-electron chi connectivity index (χ2n) is 5.23. The number of nitrogens with one attached hydrogen (secondary N) is 1. The van der Waals surface area contributed by atoms with Crippen molar-refractivity contribution in [2.75, 3.05) is 6.54 Å². The lowest BCUT2D eigenvalue weighted by atomic mass is 9.80. The number of hydrogen-bond acceptors (Lipinski definition) is 4. The van der Waals surface area contributed by atoms with Crippen molar-refractivity contribution in [3.8, 4) is 6.07 Å². The van der Waals surface area contributed by atoms with Crippen LogP contribution >= 0.6 is 0 Å². The van der Waals surface area contributed by atoms with Crippen molar-refractivity contribution in [3.05, 3.63) is 0 Å². The van der Waals surface area contributed by atoms with Gasteiger partial charge in [-0.2, -0.15) is 5.26 Å². The van der Waals surface area contributed by atoms with E-state index in [0.717, 1.165) is 0 Å². The lowest BCUT2D eigenvalue weighted by molar-refractivity contribution is -0.159. The van der Waals surface area contributed by atoms with Crippen LogP contribution in [-0.2, 0) is 14.4 Å². The van der Waals surface area contributed by atoms with Gasteiger partial charge in [0, 0.05) is 0 Å². The number of nitrogens with zero attached hydrogens (tertiary/aromatic N) is 2. The van der Waals surface area contributed by atoms with Crippen LogP contribution in [0.4, 0.5) is 0 Å². The van der Waals surface area contributed by atoms with E-state index in [9.17, 15) is 19.6 Å².